The number of aromatic nitrogens is 2. The third-order valence-electron chi connectivity index (χ3n) is 2.54. The molecule has 0 aliphatic rings. The predicted molar refractivity (Wildman–Crippen MR) is 84.1 cm³/mol. The molecule has 0 spiro atoms. The van der Waals surface area contributed by atoms with Gasteiger partial charge in [0.25, 0.3) is 0 Å². The van der Waals surface area contributed by atoms with E-state index in [9.17, 15) is 0 Å². The SMILES string of the molecule is Cc1nc(N)nc(N)c1OCc1cc(Br)c(Cl)cc1Cl. The summed E-state index contributed by atoms with van der Waals surface area (Å²) in [5.74, 6) is 0.695. The monoisotopic (exact) mass is 376 g/mol. The average Bonchev–Trinajstić information content (AvgIpc) is 2.33. The third kappa shape index (κ3) is 3.26. The maximum Gasteiger partial charge on any atom is 0.222 e. The van der Waals surface area contributed by atoms with Gasteiger partial charge < -0.3 is 16.2 Å². The summed E-state index contributed by atoms with van der Waals surface area (Å²) < 4.78 is 6.37. The summed E-state index contributed by atoms with van der Waals surface area (Å²) in [5.41, 5.74) is 12.6. The molecule has 8 heteroatoms. The molecule has 0 bridgehead atoms. The Morgan fingerprint density at radius 1 is 1.20 bits per heavy atom. The number of ether oxygens (including phenoxy) is 1. The number of aryl methyl sites for hydroxylation is 1. The molecule has 106 valence electrons. The average molecular weight is 378 g/mol. The summed E-state index contributed by atoms with van der Waals surface area (Å²) in [6.45, 7) is 1.95. The van der Waals surface area contributed by atoms with Crippen molar-refractivity contribution < 1.29 is 4.74 Å². The Kier molecular flexibility index (Phi) is 4.57. The number of hydrogen-bond acceptors (Lipinski definition) is 5. The van der Waals surface area contributed by atoms with Crippen molar-refractivity contribution in [2.24, 2.45) is 0 Å². The van der Waals surface area contributed by atoms with E-state index in [0.29, 0.717) is 21.5 Å². The van der Waals surface area contributed by atoms with Gasteiger partial charge in [0.2, 0.25) is 5.95 Å². The summed E-state index contributed by atoms with van der Waals surface area (Å²) in [6, 6.07) is 3.43. The largest absolute Gasteiger partial charge is 0.483 e. The lowest BCUT2D eigenvalue weighted by Crippen LogP contribution is -2.07. The molecule has 0 saturated heterocycles. The topological polar surface area (TPSA) is 87.0 Å². The molecule has 0 fully saturated rings. The summed E-state index contributed by atoms with van der Waals surface area (Å²) in [4.78, 5) is 7.86. The molecule has 0 aliphatic heterocycles. The van der Waals surface area contributed by atoms with E-state index in [4.69, 9.17) is 39.4 Å². The predicted octanol–water partition coefficient (Wildman–Crippen LogP) is 3.60. The van der Waals surface area contributed by atoms with Crippen LogP contribution in [0.3, 0.4) is 0 Å². The molecular weight excluding hydrogens is 367 g/mol. The first-order valence-electron chi connectivity index (χ1n) is 5.54. The fourth-order valence-electron chi connectivity index (χ4n) is 1.61. The van der Waals surface area contributed by atoms with Crippen molar-refractivity contribution in [1.82, 2.24) is 9.97 Å². The Morgan fingerprint density at radius 2 is 1.90 bits per heavy atom. The Labute approximate surface area is 134 Å². The molecule has 1 aromatic heterocycles. The van der Waals surface area contributed by atoms with Crippen LogP contribution in [0.25, 0.3) is 0 Å². The first-order valence-corrected chi connectivity index (χ1v) is 7.09. The number of benzene rings is 1. The van der Waals surface area contributed by atoms with Crippen LogP contribution < -0.4 is 16.2 Å². The normalized spacial score (nSPS) is 10.6. The van der Waals surface area contributed by atoms with Crippen molar-refractivity contribution in [3.05, 3.63) is 37.9 Å². The maximum atomic E-state index is 6.10. The van der Waals surface area contributed by atoms with E-state index in [2.05, 4.69) is 25.9 Å². The number of hydrogen-bond donors (Lipinski definition) is 2. The molecule has 4 N–H and O–H groups in total. The van der Waals surface area contributed by atoms with Gasteiger partial charge in [0.15, 0.2) is 11.6 Å². The first kappa shape index (κ1) is 15.2. The Hall–Kier alpha value is -1.24. The van der Waals surface area contributed by atoms with Crippen molar-refractivity contribution >= 4 is 50.9 Å². The fourth-order valence-corrected chi connectivity index (χ4v) is 2.44. The van der Waals surface area contributed by atoms with Crippen LogP contribution in [-0.4, -0.2) is 9.97 Å². The van der Waals surface area contributed by atoms with Crippen LogP contribution in [0.5, 0.6) is 5.75 Å². The molecule has 1 aromatic carbocycles. The van der Waals surface area contributed by atoms with Crippen molar-refractivity contribution in [2.75, 3.05) is 11.5 Å². The van der Waals surface area contributed by atoms with Crippen molar-refractivity contribution in [2.45, 2.75) is 13.5 Å². The summed E-state index contributed by atoms with van der Waals surface area (Å²) in [7, 11) is 0. The van der Waals surface area contributed by atoms with Crippen LogP contribution >= 0.6 is 39.1 Å². The standard InChI is InChI=1S/C12H11BrCl2N4O/c1-5-10(11(16)19-12(17)18-5)20-4-6-2-7(13)9(15)3-8(6)14/h2-3H,4H2,1H3,(H4,16,17,18,19). The van der Waals surface area contributed by atoms with E-state index in [-0.39, 0.29) is 18.4 Å². The third-order valence-corrected chi connectivity index (χ3v) is 4.09. The fraction of sp³-hybridized carbons (Fsp3) is 0.167. The zero-order valence-corrected chi connectivity index (χ0v) is 13.6. The lowest BCUT2D eigenvalue weighted by Gasteiger charge is -2.12. The van der Waals surface area contributed by atoms with Gasteiger partial charge in [-0.3, -0.25) is 0 Å². The van der Waals surface area contributed by atoms with Gasteiger partial charge in [0.1, 0.15) is 6.61 Å². The molecule has 0 saturated carbocycles. The number of halogens is 3. The van der Waals surface area contributed by atoms with E-state index in [1.165, 1.54) is 0 Å². The van der Waals surface area contributed by atoms with Crippen LogP contribution in [0.2, 0.25) is 10.0 Å². The summed E-state index contributed by atoms with van der Waals surface area (Å²) in [6.07, 6.45) is 0. The lowest BCUT2D eigenvalue weighted by molar-refractivity contribution is 0.303. The zero-order chi connectivity index (χ0) is 14.9. The van der Waals surface area contributed by atoms with Gasteiger partial charge in [-0.2, -0.15) is 4.98 Å². The van der Waals surface area contributed by atoms with E-state index >= 15 is 0 Å². The van der Waals surface area contributed by atoms with E-state index < -0.39 is 0 Å². The summed E-state index contributed by atoms with van der Waals surface area (Å²) in [5, 5.41) is 1.04. The maximum absolute atomic E-state index is 6.10. The highest BCUT2D eigenvalue weighted by molar-refractivity contribution is 9.10. The summed E-state index contributed by atoms with van der Waals surface area (Å²) >= 11 is 15.4. The van der Waals surface area contributed by atoms with Crippen LogP contribution in [0.1, 0.15) is 11.3 Å². The second-order valence-electron chi connectivity index (χ2n) is 4.03. The second kappa shape index (κ2) is 6.03. The lowest BCUT2D eigenvalue weighted by atomic mass is 10.2. The van der Waals surface area contributed by atoms with Crippen molar-refractivity contribution in [3.8, 4) is 5.75 Å². The minimum atomic E-state index is 0.111. The molecule has 2 aromatic rings. The van der Waals surface area contributed by atoms with Gasteiger partial charge in [-0.15, -0.1) is 0 Å². The Bertz CT molecular complexity index is 643. The second-order valence-corrected chi connectivity index (χ2v) is 5.70. The molecule has 0 amide bonds. The molecular formula is C12H11BrCl2N4O. The minimum Gasteiger partial charge on any atom is -0.483 e. The molecule has 0 aliphatic carbocycles. The van der Waals surface area contributed by atoms with Gasteiger partial charge in [0.05, 0.1) is 10.7 Å². The van der Waals surface area contributed by atoms with Gasteiger partial charge in [0, 0.05) is 15.1 Å². The van der Waals surface area contributed by atoms with Gasteiger partial charge >= 0.3 is 0 Å². The highest BCUT2D eigenvalue weighted by Crippen LogP contribution is 2.31. The Morgan fingerprint density at radius 3 is 2.55 bits per heavy atom. The quantitative estimate of drug-likeness (QED) is 0.798. The van der Waals surface area contributed by atoms with Crippen LogP contribution in [-0.2, 0) is 6.61 Å². The van der Waals surface area contributed by atoms with E-state index in [1.807, 2.05) is 0 Å². The molecule has 0 unspecified atom stereocenters. The molecule has 20 heavy (non-hydrogen) atoms. The first-order chi connectivity index (χ1) is 9.38. The highest BCUT2D eigenvalue weighted by Gasteiger charge is 2.11. The van der Waals surface area contributed by atoms with Crippen LogP contribution in [0.4, 0.5) is 11.8 Å². The molecule has 0 atom stereocenters. The number of nitrogen functional groups attached to an aromatic ring is 2. The van der Waals surface area contributed by atoms with E-state index in [0.717, 1.165) is 10.0 Å². The van der Waals surface area contributed by atoms with Gasteiger partial charge in [-0.1, -0.05) is 23.2 Å². The minimum absolute atomic E-state index is 0.111. The van der Waals surface area contributed by atoms with Gasteiger partial charge in [-0.25, -0.2) is 4.98 Å². The molecule has 1 heterocycles. The molecule has 5 nitrogen and oxygen atoms in total. The number of nitrogens with two attached hydrogens (primary N) is 2. The molecule has 0 radical (unpaired) electrons. The number of anilines is 2. The smallest absolute Gasteiger partial charge is 0.222 e. The van der Waals surface area contributed by atoms with Crippen LogP contribution in [0, 0.1) is 6.92 Å². The zero-order valence-electron chi connectivity index (χ0n) is 10.5. The highest BCUT2D eigenvalue weighted by atomic mass is 79.9. The van der Waals surface area contributed by atoms with E-state index in [1.54, 1.807) is 19.1 Å². The van der Waals surface area contributed by atoms with Crippen LogP contribution in [0.15, 0.2) is 16.6 Å². The van der Waals surface area contributed by atoms with Crippen molar-refractivity contribution in [3.63, 3.8) is 0 Å². The number of nitrogens with zero attached hydrogens (tertiary/aromatic N) is 2. The van der Waals surface area contributed by atoms with Crippen molar-refractivity contribution in [1.29, 1.82) is 0 Å². The molecule has 2 rings (SSSR count). The Balaban J connectivity index is 2.23. The number of rotatable bonds is 3. The van der Waals surface area contributed by atoms with Gasteiger partial charge in [-0.05, 0) is 35.0 Å².